The average Bonchev–Trinajstić information content (AvgIpc) is 1.55. The second-order valence-electron chi connectivity index (χ2n) is 27.1. The van der Waals surface area contributed by atoms with Crippen LogP contribution in [0.15, 0.2) is 361 Å². The molecule has 2 N–H and O–H groups in total. The summed E-state index contributed by atoms with van der Waals surface area (Å²) in [6.07, 6.45) is 0. The van der Waals surface area contributed by atoms with Gasteiger partial charge in [-0.3, -0.25) is 0 Å². The summed E-state index contributed by atoms with van der Waals surface area (Å²) in [7, 11) is 5.51. The molecule has 17 rings (SSSR count). The van der Waals surface area contributed by atoms with Crippen LogP contribution in [0.25, 0.3) is 89.1 Å². The van der Waals surface area contributed by atoms with E-state index < -0.39 is 23.9 Å². The molecule has 0 amide bonds. The molecule has 14 aromatic rings. The summed E-state index contributed by atoms with van der Waals surface area (Å²) in [5, 5.41) is 1.30. The number of carbonyl (C=O) groups is 4. The Morgan fingerprint density at radius 3 is 0.661 bits per heavy atom. The standard InChI is InChI=1S/C100H70N4O8/c1-109-97(105)73-53-45-69(46-54-73)85-89-77(61-29-13-5-14-30-61)79(63-33-17-7-18-34-63)91(101-89)86(70-47-55-74(56-48-70)98(106)110-2)93-81(65-37-21-9-22-38-65)83(67-41-25-11-26-42-67)95(103-93)88(72-51-59-76(60-52-72)100(108)112-4)96-84(68-43-27-12-28-44-68)82(66-39-23-10-24-40-66)94(104-96)87(71-49-57-75(58-50-71)99(107)111-3)92-80(64-35-19-8-20-36-64)78(90(85)102-92)62-31-15-6-16-32-62/h5-60,101,104H,1-4H3. The molecule has 0 radical (unpaired) electrons. The highest BCUT2D eigenvalue weighted by molar-refractivity contribution is 6.53. The molecular formula is C100H70N4O8. The Morgan fingerprint density at radius 1 is 0.214 bits per heavy atom. The Balaban J connectivity index is 1.24. The van der Waals surface area contributed by atoms with Gasteiger partial charge in [-0.05, 0) is 115 Å². The molecule has 0 fully saturated rings. The van der Waals surface area contributed by atoms with E-state index in [4.69, 9.17) is 28.9 Å². The van der Waals surface area contributed by atoms with Crippen LogP contribution in [0.1, 0.15) is 97.3 Å². The topological polar surface area (TPSA) is 161 Å². The smallest absolute Gasteiger partial charge is 0.337 e. The first kappa shape index (κ1) is 70.1. The number of rotatable bonds is 16. The minimum atomic E-state index is -0.508. The number of benzene rings is 12. The van der Waals surface area contributed by atoms with Crippen LogP contribution < -0.4 is 10.7 Å². The van der Waals surface area contributed by atoms with Crippen molar-refractivity contribution in [3.05, 3.63) is 440 Å². The fourth-order valence-corrected chi connectivity index (χ4v) is 15.7. The molecule has 0 spiro atoms. The van der Waals surface area contributed by atoms with E-state index >= 15 is 0 Å². The van der Waals surface area contributed by atoms with Crippen molar-refractivity contribution in [1.29, 1.82) is 0 Å². The number of methoxy groups -OCH3 is 4. The number of allylic oxidation sites excluding steroid dienone is 4. The van der Waals surface area contributed by atoms with Gasteiger partial charge in [0.2, 0.25) is 0 Å². The molecule has 8 bridgehead atoms. The Morgan fingerprint density at radius 2 is 0.420 bits per heavy atom. The highest BCUT2D eigenvalue weighted by Gasteiger charge is 2.40. The summed E-state index contributed by atoms with van der Waals surface area (Å²) < 4.78 is 21.7. The van der Waals surface area contributed by atoms with Gasteiger partial charge < -0.3 is 28.9 Å². The normalized spacial score (nSPS) is 13.2. The zero-order chi connectivity index (χ0) is 76.3. The van der Waals surface area contributed by atoms with Crippen LogP contribution in [-0.2, 0) is 18.9 Å². The quantitative estimate of drug-likeness (QED) is 0.0714. The van der Waals surface area contributed by atoms with Gasteiger partial charge in [0, 0.05) is 66.8 Å². The van der Waals surface area contributed by atoms with Gasteiger partial charge in [-0.1, -0.05) is 291 Å². The molecule has 12 heteroatoms. The Hall–Kier alpha value is -14.9. The van der Waals surface area contributed by atoms with E-state index in [1.807, 2.05) is 194 Å². The van der Waals surface area contributed by atoms with E-state index in [1.54, 1.807) is 48.5 Å². The van der Waals surface area contributed by atoms with Crippen molar-refractivity contribution in [3.63, 3.8) is 0 Å². The molecule has 4 heterocycles. The van der Waals surface area contributed by atoms with Gasteiger partial charge in [-0.15, -0.1) is 0 Å². The fourth-order valence-electron chi connectivity index (χ4n) is 15.7. The molecule has 0 atom stereocenters. The molecule has 3 aliphatic rings. The van der Waals surface area contributed by atoms with Crippen LogP contribution in [-0.4, -0.2) is 73.7 Å². The molecule has 0 saturated carbocycles. The van der Waals surface area contributed by atoms with Crippen molar-refractivity contribution >= 4 is 79.9 Å². The molecule has 2 aromatic heterocycles. The second-order valence-corrected chi connectivity index (χ2v) is 27.1. The first-order chi connectivity index (χ1) is 55.1. The van der Waals surface area contributed by atoms with Crippen molar-refractivity contribution in [2.45, 2.75) is 0 Å². The van der Waals surface area contributed by atoms with Crippen molar-refractivity contribution in [2.24, 2.45) is 9.98 Å². The Bertz CT molecular complexity index is 5980. The van der Waals surface area contributed by atoms with Gasteiger partial charge in [0.1, 0.15) is 0 Å². The number of aromatic nitrogens is 2. The van der Waals surface area contributed by atoms with Crippen molar-refractivity contribution < 1.29 is 38.1 Å². The number of aromatic amines is 2. The lowest BCUT2D eigenvalue weighted by Crippen LogP contribution is -2.24. The van der Waals surface area contributed by atoms with E-state index in [9.17, 15) is 19.2 Å². The second kappa shape index (κ2) is 30.4. The maximum Gasteiger partial charge on any atom is 0.337 e. The number of aliphatic imine (C=N–C) groups is 2. The van der Waals surface area contributed by atoms with Gasteiger partial charge in [0.25, 0.3) is 0 Å². The third-order valence-corrected chi connectivity index (χ3v) is 20.7. The number of hydrogen-bond acceptors (Lipinski definition) is 10. The van der Waals surface area contributed by atoms with Crippen molar-refractivity contribution in [3.8, 4) is 44.5 Å². The maximum absolute atomic E-state index is 13.9. The highest BCUT2D eigenvalue weighted by atomic mass is 16.5. The van der Waals surface area contributed by atoms with E-state index in [2.05, 4.69) is 107 Å². The lowest BCUT2D eigenvalue weighted by atomic mass is 9.83. The van der Waals surface area contributed by atoms with Crippen LogP contribution in [0.3, 0.4) is 0 Å². The minimum Gasteiger partial charge on any atom is -0.465 e. The Kier molecular flexibility index (Phi) is 19.0. The number of ether oxygens (including phenoxy) is 4. The van der Waals surface area contributed by atoms with Gasteiger partial charge in [-0.25, -0.2) is 29.2 Å². The van der Waals surface area contributed by atoms with Crippen molar-refractivity contribution in [2.75, 3.05) is 28.4 Å². The summed E-state index contributed by atoms with van der Waals surface area (Å²) in [6.45, 7) is 0. The largest absolute Gasteiger partial charge is 0.465 e. The SMILES string of the molecule is COC(=O)c1ccc(C2=C3N=C(C(c4ccccc4)=C3c3ccccc3)C(c3ccc(C(=O)OC)cc3)=c3[nH]c(c(-c4ccccc4)c3-c3ccccc3)=C(c3ccc(C(=O)OC)cc3)C3=NC(=C(c4ccc(C(=O)OC)cc4)c4[nH]c2c(-c2ccccc2)c4-c2ccccc2)C(c2ccccc2)=C3c2ccccc2)cc1. The number of nitrogens with zero attached hydrogens (tertiary/aromatic N) is 2. The average molecular weight is 1460 g/mol. The van der Waals surface area contributed by atoms with Crippen molar-refractivity contribution in [1.82, 2.24) is 9.97 Å². The lowest BCUT2D eigenvalue weighted by molar-refractivity contribution is 0.0592. The van der Waals surface area contributed by atoms with Gasteiger partial charge >= 0.3 is 23.9 Å². The molecule has 2 aliphatic heterocycles. The van der Waals surface area contributed by atoms with Gasteiger partial charge in [-0.2, -0.15) is 0 Å². The van der Waals surface area contributed by atoms with Crippen LogP contribution >= 0.6 is 0 Å². The molecule has 112 heavy (non-hydrogen) atoms. The number of esters is 4. The molecule has 538 valence electrons. The molecule has 12 nitrogen and oxygen atoms in total. The first-order valence-electron chi connectivity index (χ1n) is 36.7. The van der Waals surface area contributed by atoms with Gasteiger partial charge in [0.05, 0.1) is 95.6 Å². The monoisotopic (exact) mass is 1450 g/mol. The fraction of sp³-hybridized carbons (Fsp3) is 0.0400. The molecule has 0 saturated heterocycles. The third-order valence-electron chi connectivity index (χ3n) is 20.7. The van der Waals surface area contributed by atoms with E-state index in [1.165, 1.54) is 28.4 Å². The number of H-pyrrole nitrogens is 2. The Labute approximate surface area is 647 Å². The first-order valence-corrected chi connectivity index (χ1v) is 36.7. The van der Waals surface area contributed by atoms with E-state index in [-0.39, 0.29) is 0 Å². The van der Waals surface area contributed by atoms with Crippen LogP contribution in [0.5, 0.6) is 0 Å². The number of fused-ring (bicyclic) bond motifs is 10. The number of carbonyl (C=O) groups excluding carboxylic acids is 4. The minimum absolute atomic E-state index is 0.337. The highest BCUT2D eigenvalue weighted by Crippen LogP contribution is 2.54. The zero-order valence-electron chi connectivity index (χ0n) is 61.5. The summed E-state index contributed by atoms with van der Waals surface area (Å²) in [5.74, 6) is -2.03. The van der Waals surface area contributed by atoms with Crippen LogP contribution in [0, 0.1) is 0 Å². The van der Waals surface area contributed by atoms with Gasteiger partial charge in [0.15, 0.2) is 0 Å². The number of nitrogens with one attached hydrogen (secondary N) is 2. The summed E-state index contributed by atoms with van der Waals surface area (Å²) in [5.41, 5.74) is 23.4. The number of hydrogen-bond donors (Lipinski definition) is 2. The van der Waals surface area contributed by atoms with E-state index in [0.717, 1.165) is 89.1 Å². The predicted molar refractivity (Wildman–Crippen MR) is 445 cm³/mol. The summed E-state index contributed by atoms with van der Waals surface area (Å²) >= 11 is 0. The summed E-state index contributed by atoms with van der Waals surface area (Å²) in [4.78, 5) is 77.0. The molecule has 0 unspecified atom stereocenters. The van der Waals surface area contributed by atoms with Crippen LogP contribution in [0.4, 0.5) is 0 Å². The third kappa shape index (κ3) is 12.7. The van der Waals surface area contributed by atoms with Crippen LogP contribution in [0.2, 0.25) is 0 Å². The molecular weight excluding hydrogens is 1390 g/mol. The predicted octanol–water partition coefficient (Wildman–Crippen LogP) is 19.9. The maximum atomic E-state index is 13.9. The lowest BCUT2D eigenvalue weighted by Gasteiger charge is -2.17. The molecule has 12 aromatic carbocycles. The van der Waals surface area contributed by atoms with E-state index in [0.29, 0.717) is 112 Å². The molecule has 1 aliphatic carbocycles. The summed E-state index contributed by atoms with van der Waals surface area (Å²) in [6, 6.07) is 113. The zero-order valence-corrected chi connectivity index (χ0v) is 61.5.